The van der Waals surface area contributed by atoms with Crippen LogP contribution >= 0.6 is 0 Å². The molecule has 0 saturated carbocycles. The highest BCUT2D eigenvalue weighted by molar-refractivity contribution is 5.87. The van der Waals surface area contributed by atoms with Crippen LogP contribution in [0.1, 0.15) is 19.4 Å². The minimum atomic E-state index is -0.410. The van der Waals surface area contributed by atoms with Gasteiger partial charge in [-0.1, -0.05) is 24.3 Å². The van der Waals surface area contributed by atoms with Gasteiger partial charge in [-0.15, -0.1) is 0 Å². The van der Waals surface area contributed by atoms with E-state index in [2.05, 4.69) is 4.98 Å². The summed E-state index contributed by atoms with van der Waals surface area (Å²) in [7, 11) is 0. The van der Waals surface area contributed by atoms with Crippen LogP contribution in [-0.4, -0.2) is 16.2 Å². The van der Waals surface area contributed by atoms with Crippen molar-refractivity contribution in [1.82, 2.24) is 4.98 Å². The van der Waals surface area contributed by atoms with Crippen LogP contribution in [0.2, 0.25) is 0 Å². The van der Waals surface area contributed by atoms with Crippen molar-refractivity contribution in [2.75, 3.05) is 0 Å². The fraction of sp³-hybridized carbons (Fsp3) is 0.214. The Morgan fingerprint density at radius 1 is 1.31 bits per heavy atom. The Balaban J connectivity index is 2.57. The van der Waals surface area contributed by atoms with Crippen LogP contribution in [-0.2, 0) is 0 Å². The van der Waals surface area contributed by atoms with Crippen LogP contribution in [0, 0.1) is 0 Å². The second-order valence-electron chi connectivity index (χ2n) is 3.98. The first-order chi connectivity index (χ1) is 7.68. The molecule has 1 aromatic carbocycles. The molecule has 0 spiro atoms. The zero-order valence-electron chi connectivity index (χ0n) is 9.51. The number of fused-ring (bicyclic) bond motifs is 1. The first-order valence-electron chi connectivity index (χ1n) is 5.38. The molecular weight excluding hydrogens is 198 g/mol. The number of hydrogen-bond donors (Lipinski definition) is 1. The third-order valence-corrected chi connectivity index (χ3v) is 2.72. The Morgan fingerprint density at radius 2 is 2.06 bits per heavy atom. The molecule has 1 unspecified atom stereocenters. The number of nitrogens with zero attached hydrogens (tertiary/aromatic N) is 1. The summed E-state index contributed by atoms with van der Waals surface area (Å²) >= 11 is 0. The molecule has 2 aromatic rings. The second-order valence-corrected chi connectivity index (χ2v) is 3.98. The molecule has 0 bridgehead atoms. The van der Waals surface area contributed by atoms with Gasteiger partial charge in [-0.2, -0.15) is 0 Å². The summed E-state index contributed by atoms with van der Waals surface area (Å²) in [5.41, 5.74) is 3.04. The molecule has 2 rings (SSSR count). The summed E-state index contributed by atoms with van der Waals surface area (Å²) in [5, 5.41) is 10.6. The maximum Gasteiger partial charge on any atom is 0.0722 e. The van der Waals surface area contributed by atoms with Gasteiger partial charge in [0.05, 0.1) is 11.6 Å². The van der Waals surface area contributed by atoms with Crippen molar-refractivity contribution in [2.45, 2.75) is 20.0 Å². The molecule has 0 fully saturated rings. The van der Waals surface area contributed by atoms with E-state index >= 15 is 0 Å². The highest BCUT2D eigenvalue weighted by atomic mass is 16.3. The molecule has 82 valence electrons. The lowest BCUT2D eigenvalue weighted by Crippen LogP contribution is -2.00. The third kappa shape index (κ3) is 2.12. The van der Waals surface area contributed by atoms with Gasteiger partial charge in [0.15, 0.2) is 0 Å². The number of benzene rings is 1. The minimum Gasteiger partial charge on any atom is -0.389 e. The predicted octanol–water partition coefficient (Wildman–Crippen LogP) is 3.02. The molecule has 16 heavy (non-hydrogen) atoms. The van der Waals surface area contributed by atoms with E-state index in [1.54, 1.807) is 13.1 Å². The van der Waals surface area contributed by atoms with E-state index in [9.17, 15) is 5.11 Å². The monoisotopic (exact) mass is 213 g/mol. The van der Waals surface area contributed by atoms with Crippen molar-refractivity contribution in [2.24, 2.45) is 0 Å². The van der Waals surface area contributed by atoms with Gasteiger partial charge in [0, 0.05) is 11.6 Å². The van der Waals surface area contributed by atoms with Gasteiger partial charge < -0.3 is 5.11 Å². The van der Waals surface area contributed by atoms with E-state index in [4.69, 9.17) is 0 Å². The highest BCUT2D eigenvalue weighted by Gasteiger charge is 2.01. The van der Waals surface area contributed by atoms with Gasteiger partial charge in [0.2, 0.25) is 0 Å². The molecule has 0 aliphatic heterocycles. The van der Waals surface area contributed by atoms with Crippen LogP contribution in [0.25, 0.3) is 17.0 Å². The summed E-state index contributed by atoms with van der Waals surface area (Å²) in [6, 6.07) is 9.98. The molecule has 0 aliphatic carbocycles. The summed E-state index contributed by atoms with van der Waals surface area (Å²) in [5.74, 6) is 0. The molecule has 1 atom stereocenters. The SMILES string of the molecule is C/C(=C\c1ccnc2ccccc12)C(C)O. The van der Waals surface area contributed by atoms with Crippen LogP contribution in [0.4, 0.5) is 0 Å². The molecule has 0 saturated heterocycles. The number of aromatic nitrogens is 1. The van der Waals surface area contributed by atoms with Crippen LogP contribution < -0.4 is 0 Å². The smallest absolute Gasteiger partial charge is 0.0722 e. The predicted molar refractivity (Wildman–Crippen MR) is 67.1 cm³/mol. The molecule has 2 nitrogen and oxygen atoms in total. The standard InChI is InChI=1S/C14H15NO/c1-10(11(2)16)9-12-7-8-15-14-6-4-3-5-13(12)14/h3-9,11,16H,1-2H3/b10-9+. The molecule has 1 N–H and O–H groups in total. The van der Waals surface area contributed by atoms with E-state index in [1.165, 1.54) is 0 Å². The van der Waals surface area contributed by atoms with Crippen molar-refractivity contribution in [1.29, 1.82) is 0 Å². The fourth-order valence-electron chi connectivity index (χ4n) is 1.61. The lowest BCUT2D eigenvalue weighted by molar-refractivity contribution is 0.232. The number of para-hydroxylation sites is 1. The van der Waals surface area contributed by atoms with E-state index < -0.39 is 6.10 Å². The summed E-state index contributed by atoms with van der Waals surface area (Å²) in [6.07, 6.45) is 3.39. The first-order valence-corrected chi connectivity index (χ1v) is 5.38. The zero-order valence-corrected chi connectivity index (χ0v) is 9.51. The number of pyridine rings is 1. The van der Waals surface area contributed by atoms with Crippen LogP contribution in [0.3, 0.4) is 0 Å². The number of rotatable bonds is 2. The maximum atomic E-state index is 9.47. The van der Waals surface area contributed by atoms with Crippen molar-refractivity contribution >= 4 is 17.0 Å². The largest absolute Gasteiger partial charge is 0.389 e. The Hall–Kier alpha value is -1.67. The van der Waals surface area contributed by atoms with E-state index in [1.807, 2.05) is 43.3 Å². The molecule has 0 aliphatic rings. The Bertz CT molecular complexity index is 524. The lowest BCUT2D eigenvalue weighted by Gasteiger charge is -2.06. The van der Waals surface area contributed by atoms with Gasteiger partial charge in [0.1, 0.15) is 0 Å². The average Bonchev–Trinajstić information content (AvgIpc) is 2.29. The number of aliphatic hydroxyl groups excluding tert-OH is 1. The Kier molecular flexibility index (Phi) is 3.02. The van der Waals surface area contributed by atoms with E-state index in [0.717, 1.165) is 22.0 Å². The first kappa shape index (κ1) is 10.8. The quantitative estimate of drug-likeness (QED) is 0.831. The van der Waals surface area contributed by atoms with Gasteiger partial charge in [-0.3, -0.25) is 4.98 Å². The Morgan fingerprint density at radius 3 is 2.81 bits per heavy atom. The molecule has 2 heteroatoms. The van der Waals surface area contributed by atoms with Crippen molar-refractivity contribution in [3.8, 4) is 0 Å². The lowest BCUT2D eigenvalue weighted by atomic mass is 10.0. The van der Waals surface area contributed by atoms with Crippen molar-refractivity contribution in [3.05, 3.63) is 47.7 Å². The number of hydrogen-bond acceptors (Lipinski definition) is 2. The van der Waals surface area contributed by atoms with Crippen molar-refractivity contribution in [3.63, 3.8) is 0 Å². The normalized spacial score (nSPS) is 14.1. The summed E-state index contributed by atoms with van der Waals surface area (Å²) in [4.78, 5) is 4.30. The van der Waals surface area contributed by atoms with Crippen molar-refractivity contribution < 1.29 is 5.11 Å². The van der Waals surface area contributed by atoms with Gasteiger partial charge in [-0.05, 0) is 37.1 Å². The maximum absolute atomic E-state index is 9.47. The topological polar surface area (TPSA) is 33.1 Å². The summed E-state index contributed by atoms with van der Waals surface area (Å²) < 4.78 is 0. The molecular formula is C14H15NO. The van der Waals surface area contributed by atoms with Crippen LogP contribution in [0.15, 0.2) is 42.1 Å². The van der Waals surface area contributed by atoms with Gasteiger partial charge in [-0.25, -0.2) is 0 Å². The molecule has 1 aromatic heterocycles. The van der Waals surface area contributed by atoms with E-state index in [0.29, 0.717) is 0 Å². The average molecular weight is 213 g/mol. The zero-order chi connectivity index (χ0) is 11.5. The van der Waals surface area contributed by atoms with E-state index in [-0.39, 0.29) is 0 Å². The minimum absolute atomic E-state index is 0.410. The van der Waals surface area contributed by atoms with Gasteiger partial charge in [0.25, 0.3) is 0 Å². The summed E-state index contributed by atoms with van der Waals surface area (Å²) in [6.45, 7) is 3.70. The number of aliphatic hydroxyl groups is 1. The fourth-order valence-corrected chi connectivity index (χ4v) is 1.61. The van der Waals surface area contributed by atoms with Crippen LogP contribution in [0.5, 0.6) is 0 Å². The second kappa shape index (κ2) is 4.45. The molecule has 0 radical (unpaired) electrons. The molecule has 0 amide bonds. The molecule has 1 heterocycles. The van der Waals surface area contributed by atoms with Gasteiger partial charge >= 0.3 is 0 Å². The highest BCUT2D eigenvalue weighted by Crippen LogP contribution is 2.19. The third-order valence-electron chi connectivity index (χ3n) is 2.72. The Labute approximate surface area is 95.3 Å².